The summed E-state index contributed by atoms with van der Waals surface area (Å²) in [5, 5.41) is 3.49. The van der Waals surface area contributed by atoms with Crippen molar-refractivity contribution in [1.29, 1.82) is 0 Å². The van der Waals surface area contributed by atoms with Gasteiger partial charge in [0.15, 0.2) is 17.6 Å². The van der Waals surface area contributed by atoms with E-state index >= 15 is 0 Å². The fourth-order valence-electron chi connectivity index (χ4n) is 2.37. The minimum absolute atomic E-state index is 0.193. The van der Waals surface area contributed by atoms with E-state index in [-0.39, 0.29) is 12.7 Å². The number of aryl methyl sites for hydroxylation is 1. The topological polar surface area (TPSA) is 56.8 Å². The third-order valence-electron chi connectivity index (χ3n) is 3.71. The lowest BCUT2D eigenvalue weighted by Crippen LogP contribution is -2.36. The first-order valence-corrected chi connectivity index (χ1v) is 8.00. The molecule has 1 aliphatic rings. The highest BCUT2D eigenvalue weighted by atomic mass is 35.5. The van der Waals surface area contributed by atoms with Gasteiger partial charge < -0.3 is 19.5 Å². The first kappa shape index (κ1) is 16.5. The standard InChI is InChI=1S/C18H18ClNO4/c1-11-7-14(19)4-6-15(11)24-12(2)18(21)20-9-13-3-5-16-17(8-13)23-10-22-16/h3-8,12H,9-10H2,1-2H3,(H,20,21)/t12-/m0/s1. The molecule has 24 heavy (non-hydrogen) atoms. The van der Waals surface area contributed by atoms with Crippen LogP contribution in [0.2, 0.25) is 5.02 Å². The van der Waals surface area contributed by atoms with Crippen LogP contribution in [0.25, 0.3) is 0 Å². The number of halogens is 1. The van der Waals surface area contributed by atoms with Crippen molar-refractivity contribution >= 4 is 17.5 Å². The number of carbonyl (C=O) groups excluding carboxylic acids is 1. The molecule has 0 aliphatic carbocycles. The number of nitrogens with one attached hydrogen (secondary N) is 1. The van der Waals surface area contributed by atoms with Gasteiger partial charge in [0.2, 0.25) is 6.79 Å². The summed E-state index contributed by atoms with van der Waals surface area (Å²) in [4.78, 5) is 12.2. The van der Waals surface area contributed by atoms with Crippen molar-refractivity contribution in [1.82, 2.24) is 5.32 Å². The predicted molar refractivity (Wildman–Crippen MR) is 90.7 cm³/mol. The zero-order chi connectivity index (χ0) is 17.1. The molecule has 0 aromatic heterocycles. The summed E-state index contributed by atoms with van der Waals surface area (Å²) in [6.07, 6.45) is -0.612. The van der Waals surface area contributed by atoms with Gasteiger partial charge in [-0.05, 0) is 55.3 Å². The quantitative estimate of drug-likeness (QED) is 0.900. The van der Waals surface area contributed by atoms with E-state index in [1.807, 2.05) is 25.1 Å². The van der Waals surface area contributed by atoms with Crippen molar-refractivity contribution in [2.24, 2.45) is 0 Å². The van der Waals surface area contributed by atoms with E-state index in [0.29, 0.717) is 23.1 Å². The lowest BCUT2D eigenvalue weighted by molar-refractivity contribution is -0.127. The van der Waals surface area contributed by atoms with Gasteiger partial charge in [-0.2, -0.15) is 0 Å². The number of hydrogen-bond donors (Lipinski definition) is 1. The fourth-order valence-corrected chi connectivity index (χ4v) is 2.60. The second-order valence-corrected chi connectivity index (χ2v) is 6.01. The fraction of sp³-hybridized carbons (Fsp3) is 0.278. The van der Waals surface area contributed by atoms with Crippen molar-refractivity contribution in [2.45, 2.75) is 26.5 Å². The molecule has 0 saturated carbocycles. The van der Waals surface area contributed by atoms with E-state index in [1.54, 1.807) is 25.1 Å². The predicted octanol–water partition coefficient (Wildman–Crippen LogP) is 3.46. The SMILES string of the molecule is Cc1cc(Cl)ccc1O[C@@H](C)C(=O)NCc1ccc2c(c1)OCO2. The van der Waals surface area contributed by atoms with Crippen LogP contribution in [0.1, 0.15) is 18.1 Å². The van der Waals surface area contributed by atoms with Gasteiger partial charge in [0.1, 0.15) is 5.75 Å². The highest BCUT2D eigenvalue weighted by Gasteiger charge is 2.17. The molecule has 1 amide bonds. The highest BCUT2D eigenvalue weighted by Crippen LogP contribution is 2.32. The Balaban J connectivity index is 1.56. The van der Waals surface area contributed by atoms with Gasteiger partial charge in [-0.25, -0.2) is 0 Å². The Morgan fingerprint density at radius 3 is 2.83 bits per heavy atom. The lowest BCUT2D eigenvalue weighted by atomic mass is 10.2. The minimum Gasteiger partial charge on any atom is -0.481 e. The molecule has 0 unspecified atom stereocenters. The zero-order valence-electron chi connectivity index (χ0n) is 13.5. The molecule has 0 bridgehead atoms. The summed E-state index contributed by atoms with van der Waals surface area (Å²) < 4.78 is 16.3. The number of amides is 1. The normalized spacial score (nSPS) is 13.5. The molecule has 5 nitrogen and oxygen atoms in total. The van der Waals surface area contributed by atoms with Gasteiger partial charge in [0, 0.05) is 11.6 Å². The second-order valence-electron chi connectivity index (χ2n) is 5.58. The van der Waals surface area contributed by atoms with E-state index in [1.165, 1.54) is 0 Å². The average molecular weight is 348 g/mol. The highest BCUT2D eigenvalue weighted by molar-refractivity contribution is 6.30. The molecule has 0 saturated heterocycles. The Morgan fingerprint density at radius 2 is 2.04 bits per heavy atom. The van der Waals surface area contributed by atoms with Gasteiger partial charge >= 0.3 is 0 Å². The molecular weight excluding hydrogens is 330 g/mol. The summed E-state index contributed by atoms with van der Waals surface area (Å²) in [6.45, 7) is 4.22. The number of hydrogen-bond acceptors (Lipinski definition) is 4. The van der Waals surface area contributed by atoms with Gasteiger partial charge in [-0.3, -0.25) is 4.79 Å². The van der Waals surface area contributed by atoms with Crippen LogP contribution in [0, 0.1) is 6.92 Å². The Morgan fingerprint density at radius 1 is 1.25 bits per heavy atom. The first-order chi connectivity index (χ1) is 11.5. The smallest absolute Gasteiger partial charge is 0.261 e. The van der Waals surface area contributed by atoms with Crippen molar-refractivity contribution in [3.05, 3.63) is 52.5 Å². The molecule has 0 fully saturated rings. The molecule has 0 spiro atoms. The monoisotopic (exact) mass is 347 g/mol. The number of carbonyl (C=O) groups is 1. The van der Waals surface area contributed by atoms with Gasteiger partial charge in [0.25, 0.3) is 5.91 Å². The van der Waals surface area contributed by atoms with Crippen LogP contribution in [0.5, 0.6) is 17.2 Å². The van der Waals surface area contributed by atoms with Gasteiger partial charge in [-0.1, -0.05) is 17.7 Å². The number of benzene rings is 2. The van der Waals surface area contributed by atoms with Crippen LogP contribution in [0.15, 0.2) is 36.4 Å². The molecule has 1 N–H and O–H groups in total. The van der Waals surface area contributed by atoms with Gasteiger partial charge in [0.05, 0.1) is 0 Å². The van der Waals surface area contributed by atoms with Crippen LogP contribution < -0.4 is 19.5 Å². The maximum absolute atomic E-state index is 12.2. The molecule has 1 atom stereocenters. The van der Waals surface area contributed by atoms with E-state index in [4.69, 9.17) is 25.8 Å². The Labute approximate surface area is 145 Å². The van der Waals surface area contributed by atoms with Crippen LogP contribution in [-0.4, -0.2) is 18.8 Å². The lowest BCUT2D eigenvalue weighted by Gasteiger charge is -2.16. The van der Waals surface area contributed by atoms with E-state index in [9.17, 15) is 4.79 Å². The average Bonchev–Trinajstić information content (AvgIpc) is 3.02. The maximum atomic E-state index is 12.2. The molecule has 1 heterocycles. The van der Waals surface area contributed by atoms with Gasteiger partial charge in [-0.15, -0.1) is 0 Å². The molecular formula is C18H18ClNO4. The molecule has 2 aromatic rings. The van der Waals surface area contributed by atoms with E-state index in [2.05, 4.69) is 5.32 Å². The van der Waals surface area contributed by atoms with E-state index in [0.717, 1.165) is 16.9 Å². The molecule has 2 aromatic carbocycles. The van der Waals surface area contributed by atoms with Crippen molar-refractivity contribution in [2.75, 3.05) is 6.79 Å². The number of rotatable bonds is 5. The third kappa shape index (κ3) is 3.74. The summed E-state index contributed by atoms with van der Waals surface area (Å²) in [6, 6.07) is 10.9. The zero-order valence-corrected chi connectivity index (χ0v) is 14.2. The number of fused-ring (bicyclic) bond motifs is 1. The molecule has 0 radical (unpaired) electrons. The van der Waals surface area contributed by atoms with Crippen LogP contribution in [0.3, 0.4) is 0 Å². The molecule has 1 aliphatic heterocycles. The molecule has 6 heteroatoms. The van der Waals surface area contributed by atoms with Crippen LogP contribution in [-0.2, 0) is 11.3 Å². The van der Waals surface area contributed by atoms with E-state index < -0.39 is 6.10 Å². The summed E-state index contributed by atoms with van der Waals surface area (Å²) in [5.74, 6) is 1.87. The Bertz CT molecular complexity index is 763. The largest absolute Gasteiger partial charge is 0.481 e. The third-order valence-corrected chi connectivity index (χ3v) is 3.95. The van der Waals surface area contributed by atoms with Crippen molar-refractivity contribution < 1.29 is 19.0 Å². The number of ether oxygens (including phenoxy) is 3. The van der Waals surface area contributed by atoms with Crippen LogP contribution in [0.4, 0.5) is 0 Å². The summed E-state index contributed by atoms with van der Waals surface area (Å²) >= 11 is 5.92. The minimum atomic E-state index is -0.612. The Hall–Kier alpha value is -2.40. The molecule has 126 valence electrons. The maximum Gasteiger partial charge on any atom is 0.261 e. The Kier molecular flexibility index (Phi) is 4.81. The summed E-state index contributed by atoms with van der Waals surface area (Å²) in [7, 11) is 0. The first-order valence-electron chi connectivity index (χ1n) is 7.62. The van der Waals surface area contributed by atoms with Crippen molar-refractivity contribution in [3.63, 3.8) is 0 Å². The molecule has 3 rings (SSSR count). The van der Waals surface area contributed by atoms with Crippen molar-refractivity contribution in [3.8, 4) is 17.2 Å². The second kappa shape index (κ2) is 7.01. The van der Waals surface area contributed by atoms with Crippen LogP contribution >= 0.6 is 11.6 Å². The summed E-state index contributed by atoms with van der Waals surface area (Å²) in [5.41, 5.74) is 1.82.